The Kier molecular flexibility index (Phi) is 5.81. The van der Waals surface area contributed by atoms with Gasteiger partial charge in [-0.05, 0) is 57.9 Å². The minimum Gasteiger partial charge on any atom is -0.483 e. The highest BCUT2D eigenvalue weighted by Crippen LogP contribution is 2.20. The Morgan fingerprint density at radius 1 is 1.14 bits per heavy atom. The van der Waals surface area contributed by atoms with Crippen molar-refractivity contribution in [2.24, 2.45) is 0 Å². The van der Waals surface area contributed by atoms with E-state index >= 15 is 0 Å². The minimum atomic E-state index is -0.460. The van der Waals surface area contributed by atoms with Crippen LogP contribution in [0.15, 0.2) is 30.5 Å². The summed E-state index contributed by atoms with van der Waals surface area (Å²) in [5.41, 5.74) is 8.41. The third kappa shape index (κ3) is 4.53. The largest absolute Gasteiger partial charge is 0.483 e. The molecule has 0 saturated carbocycles. The van der Waals surface area contributed by atoms with Crippen LogP contribution in [0.25, 0.3) is 11.0 Å². The SMILES string of the molecule is Cc1ccc(C)c(OCC(=O)NNC(=O)c2cc3cnn(C(C)C)c3nc2C)c1. The summed E-state index contributed by atoms with van der Waals surface area (Å²) in [7, 11) is 0. The Balaban J connectivity index is 1.62. The molecule has 8 heteroatoms. The number of carbonyl (C=O) groups excluding carboxylic acids is 2. The molecule has 2 amide bonds. The standard InChI is InChI=1S/C21H25N5O3/c1-12(2)26-20-16(10-22-26)9-17(15(5)23-20)21(28)25-24-19(27)11-29-18-8-13(3)6-7-14(18)4/h6-10,12H,11H2,1-5H3,(H,24,27)(H,25,28). The number of pyridine rings is 1. The lowest BCUT2D eigenvalue weighted by atomic mass is 10.1. The smallest absolute Gasteiger partial charge is 0.276 e. The number of ether oxygens (including phenoxy) is 1. The van der Waals surface area contributed by atoms with Gasteiger partial charge in [0, 0.05) is 11.4 Å². The molecule has 2 aromatic heterocycles. The Hall–Kier alpha value is -3.42. The molecule has 0 atom stereocenters. The average molecular weight is 395 g/mol. The number of rotatable bonds is 5. The van der Waals surface area contributed by atoms with Crippen LogP contribution >= 0.6 is 0 Å². The van der Waals surface area contributed by atoms with Gasteiger partial charge < -0.3 is 4.74 Å². The molecule has 3 rings (SSSR count). The van der Waals surface area contributed by atoms with Crippen molar-refractivity contribution in [2.45, 2.75) is 40.7 Å². The van der Waals surface area contributed by atoms with Crippen LogP contribution in [0.4, 0.5) is 0 Å². The lowest BCUT2D eigenvalue weighted by molar-refractivity contribution is -0.123. The number of nitrogens with one attached hydrogen (secondary N) is 2. The summed E-state index contributed by atoms with van der Waals surface area (Å²) in [4.78, 5) is 29.0. The number of hydrogen-bond donors (Lipinski definition) is 2. The number of carbonyl (C=O) groups is 2. The fourth-order valence-corrected chi connectivity index (χ4v) is 2.91. The first-order valence-electron chi connectivity index (χ1n) is 9.40. The van der Waals surface area contributed by atoms with Crippen LogP contribution in [0.5, 0.6) is 5.75 Å². The van der Waals surface area contributed by atoms with Crippen molar-refractivity contribution in [3.05, 3.63) is 52.8 Å². The third-order valence-electron chi connectivity index (χ3n) is 4.51. The quantitative estimate of drug-likeness (QED) is 0.648. The van der Waals surface area contributed by atoms with E-state index in [2.05, 4.69) is 20.9 Å². The number of benzene rings is 1. The normalized spacial score (nSPS) is 11.0. The summed E-state index contributed by atoms with van der Waals surface area (Å²) >= 11 is 0. The predicted molar refractivity (Wildman–Crippen MR) is 110 cm³/mol. The van der Waals surface area contributed by atoms with Gasteiger partial charge in [0.2, 0.25) is 0 Å². The van der Waals surface area contributed by atoms with Crippen molar-refractivity contribution in [2.75, 3.05) is 6.61 Å². The van der Waals surface area contributed by atoms with Crippen molar-refractivity contribution >= 4 is 22.8 Å². The topological polar surface area (TPSA) is 98.1 Å². The number of aromatic nitrogens is 3. The molecule has 3 aromatic rings. The molecule has 0 aliphatic heterocycles. The molecular weight excluding hydrogens is 370 g/mol. The molecule has 0 saturated heterocycles. The van der Waals surface area contributed by atoms with Crippen molar-refractivity contribution < 1.29 is 14.3 Å². The zero-order valence-electron chi connectivity index (χ0n) is 17.2. The number of amides is 2. The summed E-state index contributed by atoms with van der Waals surface area (Å²) in [6.07, 6.45) is 1.68. The summed E-state index contributed by atoms with van der Waals surface area (Å²) in [6.45, 7) is 9.42. The molecule has 8 nitrogen and oxygen atoms in total. The van der Waals surface area contributed by atoms with Crippen molar-refractivity contribution in [3.8, 4) is 5.75 Å². The number of fused-ring (bicyclic) bond motifs is 1. The molecule has 0 bridgehead atoms. The molecule has 0 aliphatic rings. The molecule has 0 spiro atoms. The molecule has 0 fully saturated rings. The maximum atomic E-state index is 12.5. The highest BCUT2D eigenvalue weighted by atomic mass is 16.5. The van der Waals surface area contributed by atoms with Gasteiger partial charge in [0.05, 0.1) is 17.5 Å². The van der Waals surface area contributed by atoms with Crippen LogP contribution in [-0.4, -0.2) is 33.2 Å². The Bertz CT molecular complexity index is 1070. The van der Waals surface area contributed by atoms with Gasteiger partial charge in [-0.3, -0.25) is 20.4 Å². The highest BCUT2D eigenvalue weighted by molar-refractivity contribution is 5.99. The second-order valence-electron chi connectivity index (χ2n) is 7.28. The summed E-state index contributed by atoms with van der Waals surface area (Å²) < 4.78 is 7.34. The van der Waals surface area contributed by atoms with Gasteiger partial charge in [-0.25, -0.2) is 9.67 Å². The number of hydrazine groups is 1. The van der Waals surface area contributed by atoms with E-state index in [1.54, 1.807) is 23.9 Å². The molecule has 2 heterocycles. The first kappa shape index (κ1) is 20.3. The van der Waals surface area contributed by atoms with Crippen LogP contribution < -0.4 is 15.6 Å². The molecule has 2 N–H and O–H groups in total. The van der Waals surface area contributed by atoms with Gasteiger partial charge in [-0.2, -0.15) is 5.10 Å². The zero-order chi connectivity index (χ0) is 21.1. The zero-order valence-corrected chi connectivity index (χ0v) is 17.2. The van der Waals surface area contributed by atoms with Gasteiger partial charge in [-0.1, -0.05) is 12.1 Å². The van der Waals surface area contributed by atoms with Gasteiger partial charge in [-0.15, -0.1) is 0 Å². The highest BCUT2D eigenvalue weighted by Gasteiger charge is 2.16. The molecule has 29 heavy (non-hydrogen) atoms. The van der Waals surface area contributed by atoms with Crippen molar-refractivity contribution in [1.82, 2.24) is 25.6 Å². The fraction of sp³-hybridized carbons (Fsp3) is 0.333. The Morgan fingerprint density at radius 3 is 2.62 bits per heavy atom. The lowest BCUT2D eigenvalue weighted by Gasteiger charge is -2.12. The Morgan fingerprint density at radius 2 is 1.90 bits per heavy atom. The number of hydrogen-bond acceptors (Lipinski definition) is 5. The first-order chi connectivity index (χ1) is 13.8. The minimum absolute atomic E-state index is 0.162. The van der Waals surface area contributed by atoms with Crippen LogP contribution in [0.3, 0.4) is 0 Å². The molecular formula is C21H25N5O3. The average Bonchev–Trinajstić information content (AvgIpc) is 3.09. The van der Waals surface area contributed by atoms with E-state index < -0.39 is 11.8 Å². The molecule has 152 valence electrons. The fourth-order valence-electron chi connectivity index (χ4n) is 2.91. The van der Waals surface area contributed by atoms with Crippen LogP contribution in [0, 0.1) is 20.8 Å². The number of aryl methyl sites for hydroxylation is 3. The molecule has 0 radical (unpaired) electrons. The van der Waals surface area contributed by atoms with Gasteiger partial charge in [0.15, 0.2) is 12.3 Å². The second kappa shape index (κ2) is 8.30. The van der Waals surface area contributed by atoms with Crippen molar-refractivity contribution in [1.29, 1.82) is 0 Å². The molecule has 1 aromatic carbocycles. The summed E-state index contributed by atoms with van der Waals surface area (Å²) in [6, 6.07) is 7.65. The second-order valence-corrected chi connectivity index (χ2v) is 7.28. The van der Waals surface area contributed by atoms with E-state index in [-0.39, 0.29) is 12.6 Å². The maximum absolute atomic E-state index is 12.5. The van der Waals surface area contributed by atoms with E-state index in [0.717, 1.165) is 22.2 Å². The molecule has 0 aliphatic carbocycles. The maximum Gasteiger partial charge on any atom is 0.276 e. The van der Waals surface area contributed by atoms with Gasteiger partial charge >= 0.3 is 0 Å². The number of nitrogens with zero attached hydrogens (tertiary/aromatic N) is 3. The van der Waals surface area contributed by atoms with Gasteiger partial charge in [0.25, 0.3) is 11.8 Å². The van der Waals surface area contributed by atoms with Crippen molar-refractivity contribution in [3.63, 3.8) is 0 Å². The Labute approximate surface area is 169 Å². The van der Waals surface area contributed by atoms with Gasteiger partial charge in [0.1, 0.15) is 5.75 Å². The van der Waals surface area contributed by atoms with Crippen LogP contribution in [-0.2, 0) is 4.79 Å². The third-order valence-corrected chi connectivity index (χ3v) is 4.51. The summed E-state index contributed by atoms with van der Waals surface area (Å²) in [5, 5.41) is 5.08. The van der Waals surface area contributed by atoms with E-state index in [1.807, 2.05) is 45.9 Å². The summed E-state index contributed by atoms with van der Waals surface area (Å²) in [5.74, 6) is -0.271. The van der Waals surface area contributed by atoms with E-state index in [4.69, 9.17) is 4.74 Å². The monoisotopic (exact) mass is 395 g/mol. The van der Waals surface area contributed by atoms with E-state index in [1.165, 1.54) is 0 Å². The first-order valence-corrected chi connectivity index (χ1v) is 9.40. The van der Waals surface area contributed by atoms with E-state index in [9.17, 15) is 9.59 Å². The lowest BCUT2D eigenvalue weighted by Crippen LogP contribution is -2.44. The van der Waals surface area contributed by atoms with Crippen LogP contribution in [0.1, 0.15) is 47.1 Å². The molecule has 0 unspecified atom stereocenters. The van der Waals surface area contributed by atoms with E-state index in [0.29, 0.717) is 17.0 Å². The predicted octanol–water partition coefficient (Wildman–Crippen LogP) is 2.78. The van der Waals surface area contributed by atoms with Crippen LogP contribution in [0.2, 0.25) is 0 Å².